The van der Waals surface area contributed by atoms with Crippen LogP contribution in [0.1, 0.15) is 32.8 Å². The van der Waals surface area contributed by atoms with Gasteiger partial charge in [-0.25, -0.2) is 4.79 Å². The zero-order chi connectivity index (χ0) is 14.6. The maximum Gasteiger partial charge on any atom is 0.408 e. The monoisotopic (exact) mass is 272 g/mol. The number of aromatic nitrogens is 1. The summed E-state index contributed by atoms with van der Waals surface area (Å²) in [4.78, 5) is 16.2. The molecule has 1 heterocycles. The first-order valence-corrected chi connectivity index (χ1v) is 6.67. The van der Waals surface area contributed by atoms with E-state index in [9.17, 15) is 4.79 Å². The molecule has 0 fully saturated rings. The van der Waals surface area contributed by atoms with Crippen molar-refractivity contribution in [3.8, 4) is 0 Å². The molecule has 1 aliphatic carbocycles. The van der Waals surface area contributed by atoms with E-state index in [0.717, 1.165) is 5.56 Å². The maximum absolute atomic E-state index is 12.1. The molecule has 1 aromatic heterocycles. The summed E-state index contributed by atoms with van der Waals surface area (Å²) in [6, 6.07) is 3.81. The van der Waals surface area contributed by atoms with Gasteiger partial charge < -0.3 is 10.1 Å². The zero-order valence-corrected chi connectivity index (χ0v) is 12.1. The molecular weight excluding hydrogens is 252 g/mol. The van der Waals surface area contributed by atoms with Gasteiger partial charge >= 0.3 is 6.09 Å². The number of nitrogens with zero attached hydrogens (tertiary/aromatic N) is 1. The minimum absolute atomic E-state index is 0.429. The highest BCUT2D eigenvalue weighted by Gasteiger charge is 2.33. The van der Waals surface area contributed by atoms with Gasteiger partial charge in [0.15, 0.2) is 0 Å². The van der Waals surface area contributed by atoms with Crippen LogP contribution in [0.2, 0.25) is 0 Å². The largest absolute Gasteiger partial charge is 0.444 e. The number of pyridine rings is 1. The summed E-state index contributed by atoms with van der Waals surface area (Å²) in [6.45, 7) is 5.54. The lowest BCUT2D eigenvalue weighted by molar-refractivity contribution is 0.0475. The molecule has 20 heavy (non-hydrogen) atoms. The summed E-state index contributed by atoms with van der Waals surface area (Å²) in [5.74, 6) is 0. The average molecular weight is 272 g/mol. The molecule has 106 valence electrons. The van der Waals surface area contributed by atoms with Crippen molar-refractivity contribution in [2.45, 2.75) is 38.3 Å². The number of amides is 1. The van der Waals surface area contributed by atoms with E-state index in [1.165, 1.54) is 0 Å². The molecule has 1 N–H and O–H groups in total. The highest BCUT2D eigenvalue weighted by Crippen LogP contribution is 2.29. The summed E-state index contributed by atoms with van der Waals surface area (Å²) < 4.78 is 5.36. The van der Waals surface area contributed by atoms with E-state index in [1.807, 2.05) is 57.2 Å². The Morgan fingerprint density at radius 2 is 2.20 bits per heavy atom. The Kier molecular flexibility index (Phi) is 3.93. The molecular formula is C16H20N2O2. The molecule has 4 nitrogen and oxygen atoms in total. The van der Waals surface area contributed by atoms with E-state index < -0.39 is 17.2 Å². The molecule has 1 unspecified atom stereocenters. The van der Waals surface area contributed by atoms with Crippen molar-refractivity contribution in [2.24, 2.45) is 0 Å². The van der Waals surface area contributed by atoms with Gasteiger partial charge in [0.05, 0.1) is 5.54 Å². The third-order valence-electron chi connectivity index (χ3n) is 2.97. The number of hydrogen-bond acceptors (Lipinski definition) is 3. The third-order valence-corrected chi connectivity index (χ3v) is 2.97. The molecule has 4 heteroatoms. The number of alkyl carbamates (subject to hydrolysis) is 1. The van der Waals surface area contributed by atoms with Crippen LogP contribution in [0.15, 0.2) is 48.8 Å². The van der Waals surface area contributed by atoms with Gasteiger partial charge in [-0.1, -0.05) is 30.4 Å². The molecule has 0 bridgehead atoms. The van der Waals surface area contributed by atoms with Crippen LogP contribution in [0.25, 0.3) is 0 Å². The quantitative estimate of drug-likeness (QED) is 0.898. The first kappa shape index (κ1) is 14.3. The molecule has 1 aliphatic rings. The van der Waals surface area contributed by atoms with E-state index in [-0.39, 0.29) is 0 Å². The Balaban J connectivity index is 2.24. The highest BCUT2D eigenvalue weighted by atomic mass is 16.6. The molecule has 0 saturated carbocycles. The molecule has 0 spiro atoms. The van der Waals surface area contributed by atoms with Crippen LogP contribution in [-0.2, 0) is 10.3 Å². The van der Waals surface area contributed by atoms with Gasteiger partial charge in [-0.05, 0) is 33.3 Å². The van der Waals surface area contributed by atoms with Gasteiger partial charge in [0.1, 0.15) is 5.60 Å². The summed E-state index contributed by atoms with van der Waals surface area (Å²) in [5, 5.41) is 2.97. The average Bonchev–Trinajstić information content (AvgIpc) is 2.38. The number of carbonyl (C=O) groups excluding carboxylic acids is 1. The Hall–Kier alpha value is -2.10. The first-order chi connectivity index (χ1) is 9.41. The lowest BCUT2D eigenvalue weighted by Crippen LogP contribution is -2.46. The molecule has 0 saturated heterocycles. The van der Waals surface area contributed by atoms with Crippen LogP contribution in [0.4, 0.5) is 4.79 Å². The number of ether oxygens (including phenoxy) is 1. The van der Waals surface area contributed by atoms with Gasteiger partial charge in [-0.2, -0.15) is 0 Å². The SMILES string of the molecule is CC(C)(C)OC(=O)NC1(c2cccnc2)C=CC=CC1. The molecule has 2 rings (SSSR count). The standard InChI is InChI=1S/C16H20N2O2/c1-15(2,3)20-14(19)18-16(9-5-4-6-10-16)13-8-7-11-17-12-13/h4-9,11-12H,10H2,1-3H3,(H,18,19). The van der Waals surface area contributed by atoms with Crippen molar-refractivity contribution >= 4 is 6.09 Å². The number of hydrogen-bond donors (Lipinski definition) is 1. The lowest BCUT2D eigenvalue weighted by atomic mass is 9.85. The summed E-state index contributed by atoms with van der Waals surface area (Å²) in [7, 11) is 0. The molecule has 0 aliphatic heterocycles. The van der Waals surface area contributed by atoms with Gasteiger partial charge in [-0.15, -0.1) is 0 Å². The highest BCUT2D eigenvalue weighted by molar-refractivity contribution is 5.70. The smallest absolute Gasteiger partial charge is 0.408 e. The van der Waals surface area contributed by atoms with E-state index in [0.29, 0.717) is 6.42 Å². The molecule has 1 aromatic rings. The summed E-state index contributed by atoms with van der Waals surface area (Å²) in [5.41, 5.74) is -0.175. The van der Waals surface area contributed by atoms with Gasteiger partial charge in [-0.3, -0.25) is 4.98 Å². The fraction of sp³-hybridized carbons (Fsp3) is 0.375. The number of carbonyl (C=O) groups is 1. The van der Waals surface area contributed by atoms with Crippen LogP contribution in [-0.4, -0.2) is 16.7 Å². The van der Waals surface area contributed by atoms with Crippen molar-refractivity contribution in [3.05, 3.63) is 54.4 Å². The van der Waals surface area contributed by atoms with Gasteiger partial charge in [0.25, 0.3) is 0 Å². The van der Waals surface area contributed by atoms with Gasteiger partial charge in [0.2, 0.25) is 0 Å². The second-order valence-electron chi connectivity index (χ2n) is 5.83. The number of allylic oxidation sites excluding steroid dienone is 2. The van der Waals surface area contributed by atoms with Crippen LogP contribution in [0, 0.1) is 0 Å². The second kappa shape index (κ2) is 5.49. The molecule has 1 amide bonds. The fourth-order valence-electron chi connectivity index (χ4n) is 2.11. The van der Waals surface area contributed by atoms with E-state index in [1.54, 1.807) is 12.4 Å². The van der Waals surface area contributed by atoms with Crippen molar-refractivity contribution in [2.75, 3.05) is 0 Å². The lowest BCUT2D eigenvalue weighted by Gasteiger charge is -2.33. The zero-order valence-electron chi connectivity index (χ0n) is 12.1. The van der Waals surface area contributed by atoms with Crippen molar-refractivity contribution in [3.63, 3.8) is 0 Å². The maximum atomic E-state index is 12.1. The van der Waals surface area contributed by atoms with Crippen molar-refractivity contribution in [1.29, 1.82) is 0 Å². The minimum Gasteiger partial charge on any atom is -0.444 e. The Labute approximate surface area is 119 Å². The molecule has 1 atom stereocenters. The predicted molar refractivity (Wildman–Crippen MR) is 78.2 cm³/mol. The van der Waals surface area contributed by atoms with Crippen LogP contribution in [0.5, 0.6) is 0 Å². The minimum atomic E-state index is -0.592. The Morgan fingerprint density at radius 3 is 2.75 bits per heavy atom. The van der Waals surface area contributed by atoms with Crippen LogP contribution < -0.4 is 5.32 Å². The van der Waals surface area contributed by atoms with E-state index >= 15 is 0 Å². The molecule has 0 radical (unpaired) electrons. The Morgan fingerprint density at radius 1 is 1.40 bits per heavy atom. The van der Waals surface area contributed by atoms with E-state index in [4.69, 9.17) is 4.74 Å². The van der Waals surface area contributed by atoms with E-state index in [2.05, 4.69) is 10.3 Å². The molecule has 0 aromatic carbocycles. The van der Waals surface area contributed by atoms with Crippen molar-refractivity contribution in [1.82, 2.24) is 10.3 Å². The van der Waals surface area contributed by atoms with Crippen LogP contribution >= 0.6 is 0 Å². The number of nitrogens with one attached hydrogen (secondary N) is 1. The van der Waals surface area contributed by atoms with Crippen molar-refractivity contribution < 1.29 is 9.53 Å². The predicted octanol–water partition coefficient (Wildman–Crippen LogP) is 3.32. The summed E-state index contributed by atoms with van der Waals surface area (Å²) in [6.07, 6.45) is 11.6. The summed E-state index contributed by atoms with van der Waals surface area (Å²) >= 11 is 0. The Bertz CT molecular complexity index is 529. The first-order valence-electron chi connectivity index (χ1n) is 6.67. The van der Waals surface area contributed by atoms with Crippen LogP contribution in [0.3, 0.4) is 0 Å². The second-order valence-corrected chi connectivity index (χ2v) is 5.83. The third kappa shape index (κ3) is 3.47. The topological polar surface area (TPSA) is 51.2 Å². The van der Waals surface area contributed by atoms with Gasteiger partial charge in [0, 0.05) is 18.0 Å². The fourth-order valence-corrected chi connectivity index (χ4v) is 2.11. The number of rotatable bonds is 2. The normalized spacial score (nSPS) is 21.6.